The number of ether oxygens (including phenoxy) is 1. The number of hydrogen-bond acceptors (Lipinski definition) is 4. The van der Waals surface area contributed by atoms with E-state index in [0.29, 0.717) is 24.2 Å². The lowest BCUT2D eigenvalue weighted by Crippen LogP contribution is -2.34. The van der Waals surface area contributed by atoms with E-state index in [1.54, 1.807) is 0 Å². The summed E-state index contributed by atoms with van der Waals surface area (Å²) in [6, 6.07) is 7.76. The van der Waals surface area contributed by atoms with Crippen LogP contribution in [0.5, 0.6) is 0 Å². The van der Waals surface area contributed by atoms with Crippen LogP contribution >= 0.6 is 15.9 Å². The van der Waals surface area contributed by atoms with Crippen molar-refractivity contribution in [2.45, 2.75) is 45.4 Å². The lowest BCUT2D eigenvalue weighted by molar-refractivity contribution is -0.139. The predicted octanol–water partition coefficient (Wildman–Crippen LogP) is 4.37. The fraction of sp³-hybridized carbons (Fsp3) is 0.400. The van der Waals surface area contributed by atoms with Crippen molar-refractivity contribution >= 4 is 27.7 Å². The van der Waals surface area contributed by atoms with Crippen molar-refractivity contribution in [3.8, 4) is 0 Å². The Morgan fingerprint density at radius 3 is 2.80 bits per heavy atom. The van der Waals surface area contributed by atoms with E-state index in [4.69, 9.17) is 4.74 Å². The second kappa shape index (κ2) is 7.56. The highest BCUT2D eigenvalue weighted by atomic mass is 79.9. The number of dihydropyridines is 1. The number of esters is 1. The fourth-order valence-electron chi connectivity index (χ4n) is 3.55. The molecule has 0 fully saturated rings. The molecule has 0 bridgehead atoms. The summed E-state index contributed by atoms with van der Waals surface area (Å²) < 4.78 is 6.31. The smallest absolute Gasteiger partial charge is 0.336 e. The van der Waals surface area contributed by atoms with E-state index in [2.05, 4.69) is 21.2 Å². The summed E-state index contributed by atoms with van der Waals surface area (Å²) in [7, 11) is 0. The second-order valence-electron chi connectivity index (χ2n) is 6.42. The van der Waals surface area contributed by atoms with Crippen molar-refractivity contribution in [1.82, 2.24) is 5.32 Å². The quantitative estimate of drug-likeness (QED) is 0.758. The minimum absolute atomic E-state index is 0.114. The van der Waals surface area contributed by atoms with Gasteiger partial charge < -0.3 is 10.1 Å². The second-order valence-corrected chi connectivity index (χ2v) is 7.28. The van der Waals surface area contributed by atoms with Crippen molar-refractivity contribution in [3.05, 3.63) is 56.8 Å². The number of ketones is 1. The molecule has 1 aliphatic heterocycles. The molecule has 1 N–H and O–H groups in total. The zero-order chi connectivity index (χ0) is 18.0. The third-order valence-electron chi connectivity index (χ3n) is 4.65. The molecule has 1 atom stereocenters. The van der Waals surface area contributed by atoms with Crippen LogP contribution in [-0.4, -0.2) is 18.4 Å². The van der Waals surface area contributed by atoms with Crippen LogP contribution in [0, 0.1) is 0 Å². The highest BCUT2D eigenvalue weighted by Crippen LogP contribution is 2.44. The van der Waals surface area contributed by atoms with Gasteiger partial charge in [-0.05, 0) is 37.8 Å². The van der Waals surface area contributed by atoms with Gasteiger partial charge in [0.05, 0.1) is 12.2 Å². The van der Waals surface area contributed by atoms with Crippen LogP contribution in [0.1, 0.15) is 51.0 Å². The van der Waals surface area contributed by atoms with Gasteiger partial charge in [0, 0.05) is 33.8 Å². The Balaban J connectivity index is 2.14. The first-order chi connectivity index (χ1) is 12.0. The molecule has 3 rings (SSSR count). The molecule has 0 unspecified atom stereocenters. The zero-order valence-corrected chi connectivity index (χ0v) is 16.1. The van der Waals surface area contributed by atoms with Gasteiger partial charge in [-0.1, -0.05) is 41.1 Å². The first kappa shape index (κ1) is 17.9. The largest absolute Gasteiger partial charge is 0.462 e. The van der Waals surface area contributed by atoms with Crippen LogP contribution in [-0.2, 0) is 14.3 Å². The monoisotopic (exact) mass is 403 g/mol. The Kier molecular flexibility index (Phi) is 5.42. The van der Waals surface area contributed by atoms with Crippen molar-refractivity contribution < 1.29 is 14.3 Å². The van der Waals surface area contributed by atoms with E-state index < -0.39 is 0 Å². The summed E-state index contributed by atoms with van der Waals surface area (Å²) in [4.78, 5) is 25.5. The van der Waals surface area contributed by atoms with Crippen LogP contribution in [0.2, 0.25) is 0 Å². The van der Waals surface area contributed by atoms with E-state index in [0.717, 1.165) is 40.7 Å². The van der Waals surface area contributed by atoms with E-state index in [1.807, 2.05) is 38.1 Å². The van der Waals surface area contributed by atoms with E-state index >= 15 is 0 Å². The first-order valence-corrected chi connectivity index (χ1v) is 9.49. The van der Waals surface area contributed by atoms with Crippen LogP contribution in [0.3, 0.4) is 0 Å². The van der Waals surface area contributed by atoms with Crippen molar-refractivity contribution in [2.75, 3.05) is 6.61 Å². The lowest BCUT2D eigenvalue weighted by Gasteiger charge is -2.34. The SMILES string of the molecule is CCCOC(=O)C1=C(C)NC2=C(C(=O)CCC2)[C@H]1c1ccccc1Br. The number of allylic oxidation sites excluding steroid dienone is 3. The molecular formula is C20H22BrNO3. The Labute approximate surface area is 156 Å². The molecule has 25 heavy (non-hydrogen) atoms. The summed E-state index contributed by atoms with van der Waals surface area (Å²) in [5.74, 6) is -0.621. The number of carbonyl (C=O) groups excluding carboxylic acids is 2. The number of Topliss-reactive ketones (excluding diaryl/α,β-unsaturated/α-hetero) is 1. The summed E-state index contributed by atoms with van der Waals surface area (Å²) in [5, 5.41) is 3.30. The maximum atomic E-state index is 12.8. The van der Waals surface area contributed by atoms with Gasteiger partial charge in [-0.2, -0.15) is 0 Å². The average Bonchev–Trinajstić information content (AvgIpc) is 2.59. The highest BCUT2D eigenvalue weighted by Gasteiger charge is 2.39. The van der Waals surface area contributed by atoms with Crippen molar-refractivity contribution in [3.63, 3.8) is 0 Å². The number of benzene rings is 1. The lowest BCUT2D eigenvalue weighted by atomic mass is 9.75. The van der Waals surface area contributed by atoms with Crippen LogP contribution < -0.4 is 5.32 Å². The summed E-state index contributed by atoms with van der Waals surface area (Å²) in [6.45, 7) is 4.22. The molecule has 0 saturated carbocycles. The molecule has 0 aromatic heterocycles. The topological polar surface area (TPSA) is 55.4 Å². The molecule has 0 amide bonds. The number of rotatable bonds is 4. The minimum atomic E-state index is -0.385. The maximum Gasteiger partial charge on any atom is 0.336 e. The predicted molar refractivity (Wildman–Crippen MR) is 99.9 cm³/mol. The highest BCUT2D eigenvalue weighted by molar-refractivity contribution is 9.10. The third-order valence-corrected chi connectivity index (χ3v) is 5.37. The van der Waals surface area contributed by atoms with Crippen LogP contribution in [0.15, 0.2) is 51.3 Å². The number of carbonyl (C=O) groups is 2. The summed E-state index contributed by atoms with van der Waals surface area (Å²) >= 11 is 3.59. The molecule has 0 spiro atoms. The molecule has 1 aromatic rings. The molecule has 0 radical (unpaired) electrons. The maximum absolute atomic E-state index is 12.8. The van der Waals surface area contributed by atoms with Crippen molar-refractivity contribution in [1.29, 1.82) is 0 Å². The van der Waals surface area contributed by atoms with Gasteiger partial charge in [-0.3, -0.25) is 4.79 Å². The molecule has 132 valence electrons. The third kappa shape index (κ3) is 3.43. The summed E-state index contributed by atoms with van der Waals surface area (Å²) in [6.07, 6.45) is 2.96. The van der Waals surface area contributed by atoms with Crippen LogP contribution in [0.25, 0.3) is 0 Å². The zero-order valence-electron chi connectivity index (χ0n) is 14.5. The number of hydrogen-bond donors (Lipinski definition) is 1. The van der Waals surface area contributed by atoms with Gasteiger partial charge in [0.15, 0.2) is 5.78 Å². The number of nitrogens with one attached hydrogen (secondary N) is 1. The number of halogens is 1. The van der Waals surface area contributed by atoms with Gasteiger partial charge in [-0.15, -0.1) is 0 Å². The minimum Gasteiger partial charge on any atom is -0.462 e. The Bertz CT molecular complexity index is 779. The molecule has 1 aromatic carbocycles. The van der Waals surface area contributed by atoms with E-state index in [-0.39, 0.29) is 17.7 Å². The molecule has 0 saturated heterocycles. The van der Waals surface area contributed by atoms with Gasteiger partial charge in [0.1, 0.15) is 0 Å². The van der Waals surface area contributed by atoms with Gasteiger partial charge in [-0.25, -0.2) is 4.79 Å². The molecule has 1 heterocycles. The average molecular weight is 404 g/mol. The fourth-order valence-corrected chi connectivity index (χ4v) is 4.06. The van der Waals surface area contributed by atoms with Gasteiger partial charge in [0.2, 0.25) is 0 Å². The standard InChI is InChI=1S/C20H22BrNO3/c1-3-11-25-20(24)17-12(2)22-15-9-6-10-16(23)19(15)18(17)13-7-4-5-8-14(13)21/h4-5,7-8,18,22H,3,6,9-11H2,1-2H3/t18-/m0/s1. The molecular weight excluding hydrogens is 382 g/mol. The molecule has 4 nitrogen and oxygen atoms in total. The summed E-state index contributed by atoms with van der Waals surface area (Å²) in [5.41, 5.74) is 3.90. The Morgan fingerprint density at radius 1 is 1.32 bits per heavy atom. The van der Waals surface area contributed by atoms with E-state index in [1.165, 1.54) is 0 Å². The molecule has 2 aliphatic rings. The van der Waals surface area contributed by atoms with Crippen LogP contribution in [0.4, 0.5) is 0 Å². The van der Waals surface area contributed by atoms with E-state index in [9.17, 15) is 9.59 Å². The van der Waals surface area contributed by atoms with Gasteiger partial charge in [0.25, 0.3) is 0 Å². The Morgan fingerprint density at radius 2 is 2.08 bits per heavy atom. The normalized spacial score (nSPS) is 20.3. The molecule has 1 aliphatic carbocycles. The van der Waals surface area contributed by atoms with Gasteiger partial charge >= 0.3 is 5.97 Å². The Hall–Kier alpha value is -1.88. The first-order valence-electron chi connectivity index (χ1n) is 8.70. The molecule has 5 heteroatoms. The van der Waals surface area contributed by atoms with Crippen molar-refractivity contribution in [2.24, 2.45) is 0 Å².